The van der Waals surface area contributed by atoms with Crippen LogP contribution in [0.2, 0.25) is 0 Å². The maximum atomic E-state index is 12.7. The molecule has 1 atom stereocenters. The average Bonchev–Trinajstić information content (AvgIpc) is 2.69. The molecule has 0 saturated carbocycles. The van der Waals surface area contributed by atoms with Crippen molar-refractivity contribution in [3.63, 3.8) is 0 Å². The molecule has 0 aliphatic carbocycles. The van der Waals surface area contributed by atoms with Gasteiger partial charge < -0.3 is 14.8 Å². The Morgan fingerprint density at radius 3 is 2.56 bits per heavy atom. The number of benzene rings is 1. The second-order valence-electron chi connectivity index (χ2n) is 7.52. The van der Waals surface area contributed by atoms with E-state index in [-0.39, 0.29) is 17.0 Å². The molecule has 5 nitrogen and oxygen atoms in total. The molecule has 0 radical (unpaired) electrons. The number of amides is 1. The summed E-state index contributed by atoms with van der Waals surface area (Å²) in [6.07, 6.45) is 5.59. The zero-order valence-corrected chi connectivity index (χ0v) is 16.1. The van der Waals surface area contributed by atoms with Gasteiger partial charge in [-0.1, -0.05) is 43.7 Å². The number of carbonyl (C=O) groups is 1. The lowest BCUT2D eigenvalue weighted by molar-refractivity contribution is 0.0940. The van der Waals surface area contributed by atoms with Gasteiger partial charge in [0.2, 0.25) is 0 Å². The van der Waals surface area contributed by atoms with E-state index in [0.717, 1.165) is 25.2 Å². The van der Waals surface area contributed by atoms with E-state index in [1.165, 1.54) is 19.3 Å². The van der Waals surface area contributed by atoms with Crippen molar-refractivity contribution < 1.29 is 4.79 Å². The van der Waals surface area contributed by atoms with E-state index in [1.807, 2.05) is 30.3 Å². The van der Waals surface area contributed by atoms with Crippen LogP contribution >= 0.6 is 0 Å². The maximum absolute atomic E-state index is 12.7. The predicted molar refractivity (Wildman–Crippen MR) is 108 cm³/mol. The molecule has 1 unspecified atom stereocenters. The van der Waals surface area contributed by atoms with E-state index in [1.54, 1.807) is 22.9 Å². The molecule has 1 aromatic carbocycles. The second-order valence-corrected chi connectivity index (χ2v) is 7.52. The fourth-order valence-corrected chi connectivity index (χ4v) is 3.62. The molecule has 1 aliphatic rings. The highest BCUT2D eigenvalue weighted by atomic mass is 16.2. The average molecular weight is 367 g/mol. The maximum Gasteiger partial charge on any atom is 0.263 e. The minimum absolute atomic E-state index is 0.207. The van der Waals surface area contributed by atoms with Gasteiger partial charge >= 0.3 is 0 Å². The van der Waals surface area contributed by atoms with Crippen LogP contribution in [0.5, 0.6) is 0 Å². The molecule has 0 bridgehead atoms. The van der Waals surface area contributed by atoms with Crippen molar-refractivity contribution in [1.29, 1.82) is 0 Å². The third-order valence-electron chi connectivity index (χ3n) is 5.09. The van der Waals surface area contributed by atoms with Crippen LogP contribution < -0.4 is 10.9 Å². The van der Waals surface area contributed by atoms with Crippen LogP contribution in [0.3, 0.4) is 0 Å². The van der Waals surface area contributed by atoms with Crippen molar-refractivity contribution in [2.45, 2.75) is 32.7 Å². The number of pyridine rings is 1. The topological polar surface area (TPSA) is 54.3 Å². The van der Waals surface area contributed by atoms with Crippen molar-refractivity contribution in [3.8, 4) is 0 Å². The fourth-order valence-electron chi connectivity index (χ4n) is 3.62. The summed E-state index contributed by atoms with van der Waals surface area (Å²) in [5, 5.41) is 2.94. The molecular formula is C22H29N3O2. The Morgan fingerprint density at radius 1 is 1.07 bits per heavy atom. The van der Waals surface area contributed by atoms with E-state index < -0.39 is 0 Å². The summed E-state index contributed by atoms with van der Waals surface area (Å²) in [6, 6.07) is 13.1. The summed E-state index contributed by atoms with van der Waals surface area (Å²) in [7, 11) is 0. The van der Waals surface area contributed by atoms with Crippen molar-refractivity contribution in [1.82, 2.24) is 14.8 Å². The number of piperidine rings is 1. The molecule has 2 aromatic rings. The molecule has 1 amide bonds. The molecule has 2 heterocycles. The highest BCUT2D eigenvalue weighted by Gasteiger charge is 2.16. The Balaban J connectivity index is 1.58. The summed E-state index contributed by atoms with van der Waals surface area (Å²) in [5.74, 6) is 0.0789. The fraction of sp³-hybridized carbons (Fsp3) is 0.455. The van der Waals surface area contributed by atoms with E-state index in [9.17, 15) is 9.59 Å². The zero-order chi connectivity index (χ0) is 19.1. The standard InChI is InChI=1S/C22H29N3O2/c1-18(16-24-12-6-3-7-13-24)15-23-21(26)20-11-8-14-25(22(20)27)17-19-9-4-2-5-10-19/h2,4-5,8-11,14,18H,3,6-7,12-13,15-17H2,1H3,(H,23,26). The Hall–Kier alpha value is -2.40. The van der Waals surface area contributed by atoms with Gasteiger partial charge in [-0.25, -0.2) is 0 Å². The minimum atomic E-state index is -0.284. The number of aromatic nitrogens is 1. The molecule has 1 fully saturated rings. The second kappa shape index (κ2) is 9.51. The first kappa shape index (κ1) is 19.4. The number of carbonyl (C=O) groups excluding carboxylic acids is 1. The highest BCUT2D eigenvalue weighted by Crippen LogP contribution is 2.10. The van der Waals surface area contributed by atoms with Crippen molar-refractivity contribution in [2.24, 2.45) is 5.92 Å². The van der Waals surface area contributed by atoms with Gasteiger partial charge in [0.25, 0.3) is 11.5 Å². The molecule has 144 valence electrons. The van der Waals surface area contributed by atoms with Gasteiger partial charge in [0.1, 0.15) is 5.56 Å². The summed E-state index contributed by atoms with van der Waals surface area (Å²) in [6.45, 7) is 6.50. The largest absolute Gasteiger partial charge is 0.352 e. The molecule has 3 rings (SSSR count). The van der Waals surface area contributed by atoms with Crippen molar-refractivity contribution in [2.75, 3.05) is 26.2 Å². The molecule has 1 saturated heterocycles. The molecular weight excluding hydrogens is 338 g/mol. The van der Waals surface area contributed by atoms with E-state index in [0.29, 0.717) is 19.0 Å². The van der Waals surface area contributed by atoms with Gasteiger partial charge in [0.05, 0.1) is 6.54 Å². The number of hydrogen-bond acceptors (Lipinski definition) is 3. The van der Waals surface area contributed by atoms with Gasteiger partial charge in [-0.15, -0.1) is 0 Å². The first-order chi connectivity index (χ1) is 13.1. The van der Waals surface area contributed by atoms with Crippen LogP contribution in [0, 0.1) is 5.92 Å². The summed E-state index contributed by atoms with van der Waals surface area (Å²) in [5.41, 5.74) is 0.994. The summed E-state index contributed by atoms with van der Waals surface area (Å²) < 4.78 is 1.58. The Kier molecular flexibility index (Phi) is 6.82. The van der Waals surface area contributed by atoms with Crippen molar-refractivity contribution >= 4 is 5.91 Å². The molecule has 27 heavy (non-hydrogen) atoms. The normalized spacial score (nSPS) is 16.0. The third-order valence-corrected chi connectivity index (χ3v) is 5.09. The zero-order valence-electron chi connectivity index (χ0n) is 16.1. The smallest absolute Gasteiger partial charge is 0.263 e. The molecule has 1 aliphatic heterocycles. The van der Waals surface area contributed by atoms with Gasteiger partial charge in [-0.2, -0.15) is 0 Å². The van der Waals surface area contributed by atoms with Crippen LogP contribution in [0.15, 0.2) is 53.5 Å². The SMILES string of the molecule is CC(CNC(=O)c1cccn(Cc2ccccc2)c1=O)CN1CCCCC1. The van der Waals surface area contributed by atoms with Crippen molar-refractivity contribution in [3.05, 3.63) is 70.1 Å². The highest BCUT2D eigenvalue weighted by molar-refractivity contribution is 5.93. The molecule has 1 N–H and O–H groups in total. The summed E-state index contributed by atoms with van der Waals surface area (Å²) >= 11 is 0. The van der Waals surface area contributed by atoms with Crippen LogP contribution in [-0.4, -0.2) is 41.6 Å². The molecule has 1 aromatic heterocycles. The summed E-state index contributed by atoms with van der Waals surface area (Å²) in [4.78, 5) is 27.7. The van der Waals surface area contributed by atoms with Gasteiger partial charge in [-0.3, -0.25) is 9.59 Å². The third kappa shape index (κ3) is 5.54. The van der Waals surface area contributed by atoms with Gasteiger partial charge in [-0.05, 0) is 49.5 Å². The number of likely N-dealkylation sites (tertiary alicyclic amines) is 1. The van der Waals surface area contributed by atoms with Crippen LogP contribution in [-0.2, 0) is 6.54 Å². The quantitative estimate of drug-likeness (QED) is 0.819. The minimum Gasteiger partial charge on any atom is -0.352 e. The van der Waals surface area contributed by atoms with Crippen LogP contribution in [0.25, 0.3) is 0 Å². The lowest BCUT2D eigenvalue weighted by Gasteiger charge is -2.29. The molecule has 5 heteroatoms. The lowest BCUT2D eigenvalue weighted by atomic mass is 10.1. The van der Waals surface area contributed by atoms with E-state index in [4.69, 9.17) is 0 Å². The van der Waals surface area contributed by atoms with Crippen LogP contribution in [0.4, 0.5) is 0 Å². The number of nitrogens with one attached hydrogen (secondary N) is 1. The number of rotatable bonds is 7. The Labute approximate surface area is 161 Å². The number of hydrogen-bond donors (Lipinski definition) is 1. The van der Waals surface area contributed by atoms with E-state index in [2.05, 4.69) is 17.1 Å². The monoisotopic (exact) mass is 367 g/mol. The first-order valence-corrected chi connectivity index (χ1v) is 9.87. The first-order valence-electron chi connectivity index (χ1n) is 9.87. The lowest BCUT2D eigenvalue weighted by Crippen LogP contribution is -2.39. The predicted octanol–water partition coefficient (Wildman–Crippen LogP) is 2.75. The van der Waals surface area contributed by atoms with Gasteiger partial charge in [0.15, 0.2) is 0 Å². The van der Waals surface area contributed by atoms with Crippen LogP contribution in [0.1, 0.15) is 42.1 Å². The van der Waals surface area contributed by atoms with E-state index >= 15 is 0 Å². The molecule has 0 spiro atoms. The van der Waals surface area contributed by atoms with Gasteiger partial charge in [0, 0.05) is 19.3 Å². The Bertz CT molecular complexity index is 795. The Morgan fingerprint density at radius 2 is 1.81 bits per heavy atom. The number of nitrogens with zero attached hydrogens (tertiary/aromatic N) is 2.